The summed E-state index contributed by atoms with van der Waals surface area (Å²) in [4.78, 5) is 12.6. The molecule has 2 aromatic heterocycles. The molecule has 6 heteroatoms. The maximum Gasteiger partial charge on any atom is 0.181 e. The Labute approximate surface area is 111 Å². The molecule has 3 rings (SSSR count). The third kappa shape index (κ3) is 2.14. The van der Waals surface area contributed by atoms with Crippen molar-refractivity contribution in [2.45, 2.75) is 0 Å². The van der Waals surface area contributed by atoms with Crippen molar-refractivity contribution < 1.29 is 0 Å². The number of hydrogen-bond acceptors (Lipinski definition) is 4. The molecule has 0 bridgehead atoms. The lowest BCUT2D eigenvalue weighted by Gasteiger charge is -1.95. The summed E-state index contributed by atoms with van der Waals surface area (Å²) in [6, 6.07) is 7.82. The van der Waals surface area contributed by atoms with Gasteiger partial charge in [-0.15, -0.1) is 0 Å². The molecule has 2 heterocycles. The first-order valence-corrected chi connectivity index (χ1v) is 6.07. The molecule has 0 saturated heterocycles. The van der Waals surface area contributed by atoms with Crippen LogP contribution in [0.5, 0.6) is 0 Å². The Bertz CT molecular complexity index is 665. The van der Waals surface area contributed by atoms with E-state index in [0.717, 1.165) is 10.0 Å². The Morgan fingerprint density at radius 3 is 2.89 bits per heavy atom. The highest BCUT2D eigenvalue weighted by molar-refractivity contribution is 9.10. The van der Waals surface area contributed by atoms with Crippen LogP contribution in [0.3, 0.4) is 0 Å². The minimum absolute atomic E-state index is 0.609. The molecule has 0 amide bonds. The molecule has 1 N–H and O–H groups in total. The zero-order chi connectivity index (χ0) is 12.4. The molecule has 88 valence electrons. The summed E-state index contributed by atoms with van der Waals surface area (Å²) in [6.45, 7) is 0. The van der Waals surface area contributed by atoms with Crippen molar-refractivity contribution in [3.63, 3.8) is 0 Å². The summed E-state index contributed by atoms with van der Waals surface area (Å²) >= 11 is 3.42. The number of benzene rings is 1. The van der Waals surface area contributed by atoms with Gasteiger partial charge in [-0.25, -0.2) is 9.97 Å². The fourth-order valence-electron chi connectivity index (χ4n) is 1.55. The number of nitrogens with one attached hydrogen (secondary N) is 1. The number of aromatic amines is 1. The highest BCUT2D eigenvalue weighted by Gasteiger charge is 2.08. The Balaban J connectivity index is 2.00. The molecule has 3 aromatic rings. The van der Waals surface area contributed by atoms with Gasteiger partial charge in [0.1, 0.15) is 5.69 Å². The summed E-state index contributed by atoms with van der Waals surface area (Å²) in [6.07, 6.45) is 4.89. The quantitative estimate of drug-likeness (QED) is 0.790. The molecule has 0 aliphatic rings. The van der Waals surface area contributed by atoms with Crippen LogP contribution in [0.2, 0.25) is 0 Å². The Hall–Kier alpha value is -2.08. The summed E-state index contributed by atoms with van der Waals surface area (Å²) in [7, 11) is 0. The van der Waals surface area contributed by atoms with Gasteiger partial charge in [0.15, 0.2) is 11.6 Å². The van der Waals surface area contributed by atoms with E-state index in [1.807, 2.05) is 24.3 Å². The lowest BCUT2D eigenvalue weighted by Crippen LogP contribution is -1.86. The minimum Gasteiger partial charge on any atom is -0.261 e. The molecule has 0 radical (unpaired) electrons. The Morgan fingerprint density at radius 1 is 1.17 bits per heavy atom. The lowest BCUT2D eigenvalue weighted by molar-refractivity contribution is 1.08. The number of nitrogens with zero attached hydrogens (tertiary/aromatic N) is 4. The van der Waals surface area contributed by atoms with Gasteiger partial charge in [0.25, 0.3) is 0 Å². The van der Waals surface area contributed by atoms with E-state index in [1.54, 1.807) is 18.6 Å². The topological polar surface area (TPSA) is 67.3 Å². The number of rotatable bonds is 2. The highest BCUT2D eigenvalue weighted by atomic mass is 79.9. The number of hydrogen-bond donors (Lipinski definition) is 1. The van der Waals surface area contributed by atoms with Crippen molar-refractivity contribution in [3.05, 3.63) is 47.3 Å². The van der Waals surface area contributed by atoms with Gasteiger partial charge in [0.05, 0.1) is 6.20 Å². The van der Waals surface area contributed by atoms with Gasteiger partial charge >= 0.3 is 0 Å². The Morgan fingerprint density at radius 2 is 2.11 bits per heavy atom. The van der Waals surface area contributed by atoms with Crippen LogP contribution < -0.4 is 0 Å². The van der Waals surface area contributed by atoms with Gasteiger partial charge in [-0.1, -0.05) is 28.1 Å². The predicted octanol–water partition coefficient (Wildman–Crippen LogP) is 2.69. The Kier molecular flexibility index (Phi) is 2.85. The van der Waals surface area contributed by atoms with Crippen LogP contribution in [0.25, 0.3) is 22.9 Å². The molecule has 5 nitrogen and oxygen atoms in total. The van der Waals surface area contributed by atoms with Gasteiger partial charge in [0.2, 0.25) is 0 Å². The smallest absolute Gasteiger partial charge is 0.181 e. The van der Waals surface area contributed by atoms with Gasteiger partial charge in [-0.3, -0.25) is 10.1 Å². The summed E-state index contributed by atoms with van der Waals surface area (Å²) < 4.78 is 0.992. The zero-order valence-electron chi connectivity index (χ0n) is 9.21. The molecule has 0 aliphatic heterocycles. The van der Waals surface area contributed by atoms with Crippen molar-refractivity contribution in [1.82, 2.24) is 25.1 Å². The van der Waals surface area contributed by atoms with Crippen LogP contribution >= 0.6 is 15.9 Å². The van der Waals surface area contributed by atoms with Gasteiger partial charge < -0.3 is 0 Å². The van der Waals surface area contributed by atoms with Crippen LogP contribution in [0.1, 0.15) is 0 Å². The van der Waals surface area contributed by atoms with Crippen LogP contribution in [0.4, 0.5) is 0 Å². The lowest BCUT2D eigenvalue weighted by atomic mass is 10.2. The molecular formula is C12H8BrN5. The van der Waals surface area contributed by atoms with Crippen molar-refractivity contribution in [3.8, 4) is 22.9 Å². The van der Waals surface area contributed by atoms with Crippen molar-refractivity contribution >= 4 is 15.9 Å². The third-order valence-electron chi connectivity index (χ3n) is 2.37. The molecule has 0 fully saturated rings. The van der Waals surface area contributed by atoms with E-state index in [1.165, 1.54) is 0 Å². The van der Waals surface area contributed by atoms with Crippen LogP contribution in [-0.4, -0.2) is 25.1 Å². The van der Waals surface area contributed by atoms with Gasteiger partial charge in [-0.05, 0) is 12.1 Å². The normalized spacial score (nSPS) is 10.5. The predicted molar refractivity (Wildman–Crippen MR) is 70.5 cm³/mol. The monoisotopic (exact) mass is 301 g/mol. The largest absolute Gasteiger partial charge is 0.261 e. The van der Waals surface area contributed by atoms with Crippen LogP contribution in [-0.2, 0) is 0 Å². The zero-order valence-corrected chi connectivity index (χ0v) is 10.8. The second-order valence-electron chi connectivity index (χ2n) is 3.61. The van der Waals surface area contributed by atoms with E-state index < -0.39 is 0 Å². The second-order valence-corrected chi connectivity index (χ2v) is 4.52. The molecule has 0 saturated carbocycles. The molecule has 0 atom stereocenters. The first-order chi connectivity index (χ1) is 8.83. The van der Waals surface area contributed by atoms with Crippen molar-refractivity contribution in [2.75, 3.05) is 0 Å². The van der Waals surface area contributed by atoms with E-state index >= 15 is 0 Å². The maximum atomic E-state index is 4.40. The highest BCUT2D eigenvalue weighted by Crippen LogP contribution is 2.21. The van der Waals surface area contributed by atoms with E-state index in [9.17, 15) is 0 Å². The van der Waals surface area contributed by atoms with Crippen molar-refractivity contribution in [1.29, 1.82) is 0 Å². The molecule has 0 unspecified atom stereocenters. The standard InChI is InChI=1S/C12H8BrN5/c13-9-3-1-2-8(6-9)11-16-12(18-17-11)10-7-14-4-5-15-10/h1-7H,(H,16,17,18). The first kappa shape index (κ1) is 11.0. The average molecular weight is 302 g/mol. The third-order valence-corrected chi connectivity index (χ3v) is 2.87. The first-order valence-electron chi connectivity index (χ1n) is 5.27. The fraction of sp³-hybridized carbons (Fsp3) is 0. The molecular weight excluding hydrogens is 294 g/mol. The molecule has 0 aliphatic carbocycles. The maximum absolute atomic E-state index is 4.40. The van der Waals surface area contributed by atoms with Gasteiger partial charge in [0, 0.05) is 22.4 Å². The number of aromatic nitrogens is 5. The van der Waals surface area contributed by atoms with E-state index in [2.05, 4.69) is 41.1 Å². The molecule has 18 heavy (non-hydrogen) atoms. The summed E-state index contributed by atoms with van der Waals surface area (Å²) in [5, 5.41) is 7.04. The summed E-state index contributed by atoms with van der Waals surface area (Å²) in [5.41, 5.74) is 1.61. The second kappa shape index (κ2) is 4.66. The fourth-order valence-corrected chi connectivity index (χ4v) is 1.95. The van der Waals surface area contributed by atoms with E-state index in [0.29, 0.717) is 17.3 Å². The van der Waals surface area contributed by atoms with E-state index in [4.69, 9.17) is 0 Å². The van der Waals surface area contributed by atoms with Crippen LogP contribution in [0.15, 0.2) is 47.3 Å². The number of halogens is 1. The SMILES string of the molecule is Brc1cccc(-c2n[nH]c(-c3cnccn3)n2)c1. The van der Waals surface area contributed by atoms with Crippen LogP contribution in [0, 0.1) is 0 Å². The average Bonchev–Trinajstić information content (AvgIpc) is 2.89. The van der Waals surface area contributed by atoms with Gasteiger partial charge in [-0.2, -0.15) is 5.10 Å². The van der Waals surface area contributed by atoms with E-state index in [-0.39, 0.29) is 0 Å². The minimum atomic E-state index is 0.609. The van der Waals surface area contributed by atoms with Crippen molar-refractivity contribution in [2.24, 2.45) is 0 Å². The molecule has 1 aromatic carbocycles. The summed E-state index contributed by atoms with van der Waals surface area (Å²) in [5.74, 6) is 1.25. The number of H-pyrrole nitrogens is 1. The molecule has 0 spiro atoms.